The Morgan fingerprint density at radius 2 is 2.15 bits per heavy atom. The van der Waals surface area contributed by atoms with E-state index in [0.29, 0.717) is 13.0 Å². The monoisotopic (exact) mass is 315 g/mol. The van der Waals surface area contributed by atoms with Crippen LogP contribution in [0.1, 0.15) is 41.1 Å². The van der Waals surface area contributed by atoms with Gasteiger partial charge in [0.1, 0.15) is 0 Å². The molecule has 1 aliphatic heterocycles. The standard InChI is InChI=1S/C14H21NO3S2/c1-4-12-10(3)19-8-13(12)14(16)15(5-2)11-6-7-20(17,18)9-11/h8,11H,4-7,9H2,1-3H3. The number of carbonyl (C=O) groups is 1. The molecule has 20 heavy (non-hydrogen) atoms. The molecule has 0 aromatic carbocycles. The van der Waals surface area contributed by atoms with Crippen molar-refractivity contribution in [2.45, 2.75) is 39.7 Å². The van der Waals surface area contributed by atoms with Gasteiger partial charge in [-0.25, -0.2) is 8.42 Å². The first-order valence-electron chi connectivity index (χ1n) is 6.98. The second-order valence-electron chi connectivity index (χ2n) is 5.19. The van der Waals surface area contributed by atoms with E-state index < -0.39 is 9.84 Å². The van der Waals surface area contributed by atoms with Crippen molar-refractivity contribution in [2.75, 3.05) is 18.1 Å². The van der Waals surface area contributed by atoms with Crippen LogP contribution in [-0.4, -0.2) is 43.3 Å². The Morgan fingerprint density at radius 3 is 2.65 bits per heavy atom. The van der Waals surface area contributed by atoms with Crippen LogP contribution < -0.4 is 0 Å². The van der Waals surface area contributed by atoms with Crippen molar-refractivity contribution in [1.82, 2.24) is 4.90 Å². The smallest absolute Gasteiger partial charge is 0.255 e. The lowest BCUT2D eigenvalue weighted by Crippen LogP contribution is -2.41. The Labute approximate surface area is 124 Å². The van der Waals surface area contributed by atoms with E-state index in [1.807, 2.05) is 26.2 Å². The number of sulfone groups is 1. The van der Waals surface area contributed by atoms with Crippen LogP contribution >= 0.6 is 11.3 Å². The van der Waals surface area contributed by atoms with Crippen molar-refractivity contribution in [3.63, 3.8) is 0 Å². The third-order valence-corrected chi connectivity index (χ3v) is 6.64. The van der Waals surface area contributed by atoms with E-state index in [-0.39, 0.29) is 23.5 Å². The number of carbonyl (C=O) groups excluding carboxylic acids is 1. The van der Waals surface area contributed by atoms with E-state index in [1.165, 1.54) is 4.88 Å². The summed E-state index contributed by atoms with van der Waals surface area (Å²) in [5.41, 5.74) is 1.85. The lowest BCUT2D eigenvalue weighted by atomic mass is 10.1. The highest BCUT2D eigenvalue weighted by molar-refractivity contribution is 7.91. The number of thiophene rings is 1. The van der Waals surface area contributed by atoms with Gasteiger partial charge in [0.25, 0.3) is 5.91 Å². The molecule has 0 radical (unpaired) electrons. The number of hydrogen-bond donors (Lipinski definition) is 0. The summed E-state index contributed by atoms with van der Waals surface area (Å²) in [5, 5.41) is 1.91. The van der Waals surface area contributed by atoms with E-state index in [4.69, 9.17) is 0 Å². The van der Waals surface area contributed by atoms with Crippen LogP contribution in [0, 0.1) is 6.92 Å². The topological polar surface area (TPSA) is 54.5 Å². The van der Waals surface area contributed by atoms with Crippen molar-refractivity contribution in [3.8, 4) is 0 Å². The van der Waals surface area contributed by atoms with Crippen LogP contribution in [0.5, 0.6) is 0 Å². The van der Waals surface area contributed by atoms with Crippen molar-refractivity contribution in [2.24, 2.45) is 0 Å². The number of hydrogen-bond acceptors (Lipinski definition) is 4. The molecular formula is C14H21NO3S2. The molecule has 0 N–H and O–H groups in total. The highest BCUT2D eigenvalue weighted by atomic mass is 32.2. The van der Waals surface area contributed by atoms with Gasteiger partial charge in [-0.15, -0.1) is 11.3 Å². The summed E-state index contributed by atoms with van der Waals surface area (Å²) in [6.07, 6.45) is 1.39. The lowest BCUT2D eigenvalue weighted by Gasteiger charge is -2.27. The molecule has 1 aromatic heterocycles. The highest BCUT2D eigenvalue weighted by Gasteiger charge is 2.34. The first kappa shape index (κ1) is 15.5. The van der Waals surface area contributed by atoms with Crippen molar-refractivity contribution < 1.29 is 13.2 Å². The van der Waals surface area contributed by atoms with Crippen molar-refractivity contribution in [1.29, 1.82) is 0 Å². The second-order valence-corrected chi connectivity index (χ2v) is 8.50. The summed E-state index contributed by atoms with van der Waals surface area (Å²) in [7, 11) is -2.97. The predicted octanol–water partition coefficient (Wildman–Crippen LogP) is 2.27. The summed E-state index contributed by atoms with van der Waals surface area (Å²) >= 11 is 1.59. The fraction of sp³-hybridized carbons (Fsp3) is 0.643. The summed E-state index contributed by atoms with van der Waals surface area (Å²) in [5.74, 6) is 0.290. The van der Waals surface area contributed by atoms with Gasteiger partial charge >= 0.3 is 0 Å². The Kier molecular flexibility index (Phi) is 4.54. The highest BCUT2D eigenvalue weighted by Crippen LogP contribution is 2.26. The molecule has 0 saturated carbocycles. The third kappa shape index (κ3) is 2.91. The number of rotatable bonds is 4. The molecule has 0 aliphatic carbocycles. The summed E-state index contributed by atoms with van der Waals surface area (Å²) in [6, 6.07) is -0.164. The second kappa shape index (κ2) is 5.85. The molecule has 1 saturated heterocycles. The Balaban J connectivity index is 2.26. The fourth-order valence-electron chi connectivity index (χ4n) is 2.84. The van der Waals surface area contributed by atoms with Crippen molar-refractivity contribution in [3.05, 3.63) is 21.4 Å². The maximum absolute atomic E-state index is 12.7. The van der Waals surface area contributed by atoms with Gasteiger partial charge in [-0.1, -0.05) is 6.92 Å². The van der Waals surface area contributed by atoms with Crippen LogP contribution in [0.2, 0.25) is 0 Å². The minimum absolute atomic E-state index is 0.0178. The lowest BCUT2D eigenvalue weighted by molar-refractivity contribution is 0.0708. The van der Waals surface area contributed by atoms with E-state index in [1.54, 1.807) is 16.2 Å². The maximum Gasteiger partial charge on any atom is 0.255 e. The van der Waals surface area contributed by atoms with Crippen LogP contribution in [0.4, 0.5) is 0 Å². The average Bonchev–Trinajstić information content (AvgIpc) is 2.93. The summed E-state index contributed by atoms with van der Waals surface area (Å²) < 4.78 is 23.2. The normalized spacial score (nSPS) is 21.1. The van der Waals surface area contributed by atoms with E-state index in [0.717, 1.165) is 17.5 Å². The molecule has 1 unspecified atom stereocenters. The number of nitrogens with zero attached hydrogens (tertiary/aromatic N) is 1. The van der Waals surface area contributed by atoms with Gasteiger partial charge in [-0.3, -0.25) is 4.79 Å². The Hall–Kier alpha value is -0.880. The van der Waals surface area contributed by atoms with E-state index in [2.05, 4.69) is 0 Å². The first-order valence-corrected chi connectivity index (χ1v) is 9.68. The molecule has 112 valence electrons. The van der Waals surface area contributed by atoms with E-state index >= 15 is 0 Å². The molecule has 1 fully saturated rings. The molecular weight excluding hydrogens is 294 g/mol. The van der Waals surface area contributed by atoms with Gasteiger partial charge in [0.15, 0.2) is 9.84 Å². The largest absolute Gasteiger partial charge is 0.335 e. The molecule has 2 rings (SSSR count). The zero-order valence-electron chi connectivity index (χ0n) is 12.2. The number of amides is 1. The molecule has 1 aliphatic rings. The van der Waals surface area contributed by atoms with Crippen LogP contribution in [0.25, 0.3) is 0 Å². The third-order valence-electron chi connectivity index (χ3n) is 3.94. The van der Waals surface area contributed by atoms with Gasteiger partial charge < -0.3 is 4.90 Å². The summed E-state index contributed by atoms with van der Waals surface area (Å²) in [6.45, 7) is 6.53. The van der Waals surface area contributed by atoms with Crippen LogP contribution in [-0.2, 0) is 16.3 Å². The zero-order chi connectivity index (χ0) is 14.9. The predicted molar refractivity (Wildman–Crippen MR) is 82.2 cm³/mol. The maximum atomic E-state index is 12.7. The molecule has 6 heteroatoms. The van der Waals surface area contributed by atoms with Gasteiger partial charge in [0.05, 0.1) is 17.1 Å². The molecule has 0 spiro atoms. The fourth-order valence-corrected chi connectivity index (χ4v) is 5.51. The molecule has 4 nitrogen and oxygen atoms in total. The Morgan fingerprint density at radius 1 is 1.45 bits per heavy atom. The number of aryl methyl sites for hydroxylation is 1. The Bertz CT molecular complexity index is 604. The molecule has 0 bridgehead atoms. The van der Waals surface area contributed by atoms with Crippen LogP contribution in [0.3, 0.4) is 0 Å². The quantitative estimate of drug-likeness (QED) is 0.856. The van der Waals surface area contributed by atoms with E-state index in [9.17, 15) is 13.2 Å². The van der Waals surface area contributed by atoms with Gasteiger partial charge in [0, 0.05) is 22.8 Å². The molecule has 2 heterocycles. The first-order chi connectivity index (χ1) is 9.39. The summed E-state index contributed by atoms with van der Waals surface area (Å²) in [4.78, 5) is 15.6. The van der Waals surface area contributed by atoms with Gasteiger partial charge in [0.2, 0.25) is 0 Å². The average molecular weight is 315 g/mol. The van der Waals surface area contributed by atoms with Crippen molar-refractivity contribution >= 4 is 27.1 Å². The minimum Gasteiger partial charge on any atom is -0.335 e. The molecule has 1 aromatic rings. The van der Waals surface area contributed by atoms with Crippen LogP contribution in [0.15, 0.2) is 5.38 Å². The minimum atomic E-state index is -2.97. The molecule has 1 atom stereocenters. The van der Waals surface area contributed by atoms with Gasteiger partial charge in [-0.2, -0.15) is 0 Å². The zero-order valence-corrected chi connectivity index (χ0v) is 13.8. The molecule has 1 amide bonds. The SMILES string of the molecule is CCc1c(C(=O)N(CC)C2CCS(=O)(=O)C2)csc1C. The van der Waals surface area contributed by atoms with Gasteiger partial charge in [-0.05, 0) is 32.3 Å².